The largest absolute Gasteiger partial charge is 0.448 e. The SMILES string of the molecule is O=C1OCCN1CCNCc1ccccc1. The van der Waals surface area contributed by atoms with Gasteiger partial charge in [-0.2, -0.15) is 0 Å². The van der Waals surface area contributed by atoms with Crippen molar-refractivity contribution in [2.75, 3.05) is 26.2 Å². The van der Waals surface area contributed by atoms with Gasteiger partial charge in [0.25, 0.3) is 0 Å². The molecule has 0 bridgehead atoms. The number of rotatable bonds is 5. The topological polar surface area (TPSA) is 41.6 Å². The molecule has 0 aromatic heterocycles. The summed E-state index contributed by atoms with van der Waals surface area (Å²) in [6, 6.07) is 10.2. The van der Waals surface area contributed by atoms with Crippen LogP contribution in [0.5, 0.6) is 0 Å². The Bertz CT molecular complexity index is 340. The van der Waals surface area contributed by atoms with Crippen LogP contribution in [0.2, 0.25) is 0 Å². The molecule has 16 heavy (non-hydrogen) atoms. The van der Waals surface area contributed by atoms with E-state index in [1.54, 1.807) is 4.90 Å². The lowest BCUT2D eigenvalue weighted by molar-refractivity contribution is 0.158. The lowest BCUT2D eigenvalue weighted by Crippen LogP contribution is -2.32. The maximum absolute atomic E-state index is 11.1. The summed E-state index contributed by atoms with van der Waals surface area (Å²) in [4.78, 5) is 12.8. The molecular weight excluding hydrogens is 204 g/mol. The maximum Gasteiger partial charge on any atom is 0.409 e. The van der Waals surface area contributed by atoms with Crippen LogP contribution in [-0.4, -0.2) is 37.2 Å². The fraction of sp³-hybridized carbons (Fsp3) is 0.417. The Balaban J connectivity index is 1.64. The van der Waals surface area contributed by atoms with Crippen molar-refractivity contribution in [2.45, 2.75) is 6.54 Å². The molecule has 1 aromatic carbocycles. The van der Waals surface area contributed by atoms with Gasteiger partial charge in [-0.15, -0.1) is 0 Å². The highest BCUT2D eigenvalue weighted by atomic mass is 16.6. The van der Waals surface area contributed by atoms with Crippen molar-refractivity contribution >= 4 is 6.09 Å². The second-order valence-electron chi connectivity index (χ2n) is 3.76. The first-order valence-corrected chi connectivity index (χ1v) is 5.52. The van der Waals surface area contributed by atoms with Crippen molar-refractivity contribution in [3.8, 4) is 0 Å². The molecule has 0 radical (unpaired) electrons. The van der Waals surface area contributed by atoms with E-state index < -0.39 is 0 Å². The average Bonchev–Trinajstić information content (AvgIpc) is 2.72. The molecule has 4 nitrogen and oxygen atoms in total. The van der Waals surface area contributed by atoms with E-state index >= 15 is 0 Å². The van der Waals surface area contributed by atoms with Crippen LogP contribution in [0.4, 0.5) is 4.79 Å². The van der Waals surface area contributed by atoms with Crippen LogP contribution >= 0.6 is 0 Å². The van der Waals surface area contributed by atoms with Crippen LogP contribution in [0.25, 0.3) is 0 Å². The molecule has 1 saturated heterocycles. The number of nitrogens with one attached hydrogen (secondary N) is 1. The summed E-state index contributed by atoms with van der Waals surface area (Å²) in [5.74, 6) is 0. The van der Waals surface area contributed by atoms with Crippen molar-refractivity contribution in [2.24, 2.45) is 0 Å². The smallest absolute Gasteiger partial charge is 0.409 e. The molecule has 1 heterocycles. The third kappa shape index (κ3) is 2.97. The number of carbonyl (C=O) groups is 1. The molecule has 1 aromatic rings. The first-order chi connectivity index (χ1) is 7.86. The molecule has 0 unspecified atom stereocenters. The Morgan fingerprint density at radius 3 is 2.81 bits per heavy atom. The summed E-state index contributed by atoms with van der Waals surface area (Å²) >= 11 is 0. The molecule has 1 amide bonds. The second-order valence-corrected chi connectivity index (χ2v) is 3.76. The van der Waals surface area contributed by atoms with Gasteiger partial charge in [0.1, 0.15) is 6.61 Å². The summed E-state index contributed by atoms with van der Waals surface area (Å²) in [6.07, 6.45) is -0.193. The number of hydrogen-bond acceptors (Lipinski definition) is 3. The van der Waals surface area contributed by atoms with E-state index in [2.05, 4.69) is 17.4 Å². The molecule has 86 valence electrons. The summed E-state index contributed by atoms with van der Waals surface area (Å²) in [5.41, 5.74) is 1.26. The van der Waals surface area contributed by atoms with Gasteiger partial charge in [0, 0.05) is 19.6 Å². The summed E-state index contributed by atoms with van der Waals surface area (Å²) < 4.78 is 4.84. The van der Waals surface area contributed by atoms with Gasteiger partial charge in [0.05, 0.1) is 6.54 Å². The molecule has 1 fully saturated rings. The van der Waals surface area contributed by atoms with E-state index in [0.29, 0.717) is 19.7 Å². The highest BCUT2D eigenvalue weighted by Gasteiger charge is 2.20. The van der Waals surface area contributed by atoms with E-state index in [9.17, 15) is 4.79 Å². The number of hydrogen-bond donors (Lipinski definition) is 1. The standard InChI is InChI=1S/C12H16N2O2/c15-12-14(8-9-16-12)7-6-13-10-11-4-2-1-3-5-11/h1-5,13H,6-10H2. The number of nitrogens with zero attached hydrogens (tertiary/aromatic N) is 1. The number of benzene rings is 1. The highest BCUT2D eigenvalue weighted by Crippen LogP contribution is 2.01. The maximum atomic E-state index is 11.1. The summed E-state index contributed by atoms with van der Waals surface area (Å²) in [7, 11) is 0. The van der Waals surface area contributed by atoms with Gasteiger partial charge in [0.2, 0.25) is 0 Å². The summed E-state index contributed by atoms with van der Waals surface area (Å²) in [5, 5.41) is 3.30. The Morgan fingerprint density at radius 2 is 2.12 bits per heavy atom. The van der Waals surface area contributed by atoms with E-state index in [4.69, 9.17) is 4.74 Å². The molecule has 1 aliphatic rings. The van der Waals surface area contributed by atoms with Crippen LogP contribution in [0.1, 0.15) is 5.56 Å². The first kappa shape index (κ1) is 11.0. The minimum absolute atomic E-state index is 0.193. The number of carbonyl (C=O) groups excluding carboxylic acids is 1. The van der Waals surface area contributed by atoms with Gasteiger partial charge in [-0.05, 0) is 5.56 Å². The van der Waals surface area contributed by atoms with Crippen molar-refractivity contribution in [1.82, 2.24) is 10.2 Å². The highest BCUT2D eigenvalue weighted by molar-refractivity contribution is 5.69. The van der Waals surface area contributed by atoms with Crippen LogP contribution in [0, 0.1) is 0 Å². The molecular formula is C12H16N2O2. The Hall–Kier alpha value is -1.55. The lowest BCUT2D eigenvalue weighted by atomic mass is 10.2. The van der Waals surface area contributed by atoms with Gasteiger partial charge < -0.3 is 15.0 Å². The molecule has 0 aliphatic carbocycles. The van der Waals surface area contributed by atoms with Gasteiger partial charge >= 0.3 is 6.09 Å². The van der Waals surface area contributed by atoms with Gasteiger partial charge in [-0.1, -0.05) is 30.3 Å². The number of cyclic esters (lactones) is 1. The monoisotopic (exact) mass is 220 g/mol. The third-order valence-corrected chi connectivity index (χ3v) is 2.58. The average molecular weight is 220 g/mol. The zero-order valence-electron chi connectivity index (χ0n) is 9.19. The van der Waals surface area contributed by atoms with Crippen molar-refractivity contribution in [1.29, 1.82) is 0 Å². The summed E-state index contributed by atoms with van der Waals surface area (Å²) in [6.45, 7) is 3.59. The zero-order chi connectivity index (χ0) is 11.2. The normalized spacial score (nSPS) is 15.2. The van der Waals surface area contributed by atoms with E-state index in [0.717, 1.165) is 13.1 Å². The minimum Gasteiger partial charge on any atom is -0.448 e. The molecule has 1 N–H and O–H groups in total. The molecule has 0 atom stereocenters. The molecule has 4 heteroatoms. The van der Waals surface area contributed by atoms with Crippen molar-refractivity contribution in [3.63, 3.8) is 0 Å². The zero-order valence-corrected chi connectivity index (χ0v) is 9.19. The van der Waals surface area contributed by atoms with Crippen LogP contribution in [0.15, 0.2) is 30.3 Å². The van der Waals surface area contributed by atoms with Gasteiger partial charge in [-0.25, -0.2) is 4.79 Å². The van der Waals surface area contributed by atoms with E-state index in [-0.39, 0.29) is 6.09 Å². The third-order valence-electron chi connectivity index (χ3n) is 2.58. The molecule has 1 aliphatic heterocycles. The molecule has 0 saturated carbocycles. The minimum atomic E-state index is -0.193. The number of amides is 1. The van der Waals surface area contributed by atoms with Gasteiger partial charge in [-0.3, -0.25) is 0 Å². The predicted octanol–water partition coefficient (Wildman–Crippen LogP) is 1.23. The Labute approximate surface area is 95.2 Å². The fourth-order valence-electron chi connectivity index (χ4n) is 1.67. The van der Waals surface area contributed by atoms with Crippen LogP contribution < -0.4 is 5.32 Å². The number of ether oxygens (including phenoxy) is 1. The van der Waals surface area contributed by atoms with Crippen LogP contribution in [0.3, 0.4) is 0 Å². The molecule has 0 spiro atoms. The lowest BCUT2D eigenvalue weighted by Gasteiger charge is -2.12. The molecule has 2 rings (SSSR count). The quantitative estimate of drug-likeness (QED) is 0.759. The van der Waals surface area contributed by atoms with E-state index in [1.807, 2.05) is 18.2 Å². The van der Waals surface area contributed by atoms with Crippen LogP contribution in [-0.2, 0) is 11.3 Å². The van der Waals surface area contributed by atoms with Crippen molar-refractivity contribution < 1.29 is 9.53 Å². The Kier molecular flexibility index (Phi) is 3.77. The Morgan fingerprint density at radius 1 is 1.31 bits per heavy atom. The van der Waals surface area contributed by atoms with Crippen molar-refractivity contribution in [3.05, 3.63) is 35.9 Å². The fourth-order valence-corrected chi connectivity index (χ4v) is 1.67. The first-order valence-electron chi connectivity index (χ1n) is 5.52. The van der Waals surface area contributed by atoms with E-state index in [1.165, 1.54) is 5.56 Å². The predicted molar refractivity (Wildman–Crippen MR) is 61.1 cm³/mol. The second kappa shape index (κ2) is 5.51. The van der Waals surface area contributed by atoms with Gasteiger partial charge in [0.15, 0.2) is 0 Å².